The van der Waals surface area contributed by atoms with Gasteiger partial charge in [0.05, 0.1) is 11.4 Å². The number of carbonyl (C=O) groups is 1. The lowest BCUT2D eigenvalue weighted by Crippen LogP contribution is -2.32. The van der Waals surface area contributed by atoms with E-state index in [2.05, 4.69) is 50.9 Å². The van der Waals surface area contributed by atoms with Gasteiger partial charge in [0, 0.05) is 26.2 Å². The van der Waals surface area contributed by atoms with Crippen molar-refractivity contribution in [3.63, 3.8) is 0 Å². The van der Waals surface area contributed by atoms with Gasteiger partial charge in [0.15, 0.2) is 16.7 Å². The molecule has 3 aromatic rings. The molecule has 1 fully saturated rings. The Morgan fingerprint density at radius 1 is 1.03 bits per heavy atom. The van der Waals surface area contributed by atoms with Crippen molar-refractivity contribution >= 4 is 23.6 Å². The zero-order valence-electron chi connectivity index (χ0n) is 20.3. The first-order valence-electron chi connectivity index (χ1n) is 12.2. The largest absolute Gasteiger partial charge is 0.454 e. The van der Waals surface area contributed by atoms with E-state index in [1.54, 1.807) is 0 Å². The summed E-state index contributed by atoms with van der Waals surface area (Å²) in [6.45, 7) is 7.42. The lowest BCUT2D eigenvalue weighted by atomic mass is 10.1. The number of carbonyl (C=O) groups excluding carboxylic acids is 1. The summed E-state index contributed by atoms with van der Waals surface area (Å²) in [6, 6.07) is 14.2. The Bertz CT molecular complexity index is 1170. The number of piperidine rings is 1. The average molecular weight is 494 g/mol. The predicted molar refractivity (Wildman–Crippen MR) is 137 cm³/mol. The lowest BCUT2D eigenvalue weighted by molar-refractivity contribution is -0.128. The summed E-state index contributed by atoms with van der Waals surface area (Å²) in [5.41, 5.74) is 3.24. The van der Waals surface area contributed by atoms with Gasteiger partial charge in [0.1, 0.15) is 0 Å². The molecule has 2 aliphatic heterocycles. The van der Waals surface area contributed by atoms with E-state index >= 15 is 0 Å². The Kier molecular flexibility index (Phi) is 7.13. The summed E-state index contributed by atoms with van der Waals surface area (Å²) in [7, 11) is 0. The van der Waals surface area contributed by atoms with Gasteiger partial charge < -0.3 is 19.3 Å². The van der Waals surface area contributed by atoms with Crippen LogP contribution in [0.2, 0.25) is 0 Å². The molecule has 0 radical (unpaired) electrons. The standard InChI is InChI=1S/C26H31N5O3S/c1-3-29(16-20-9-12-22-23(15-20)34-18-33-22)24(32)17-35-26-28-27-25(30-13-5-4-6-14-30)31(26)21-10-7-19(2)8-11-21/h7-12,15H,3-6,13-14,16-18H2,1-2H3. The van der Waals surface area contributed by atoms with Crippen LogP contribution in [0.15, 0.2) is 47.6 Å². The molecule has 8 nitrogen and oxygen atoms in total. The molecule has 1 saturated heterocycles. The third kappa shape index (κ3) is 5.24. The number of rotatable bonds is 8. The van der Waals surface area contributed by atoms with Crippen molar-refractivity contribution in [1.82, 2.24) is 19.7 Å². The van der Waals surface area contributed by atoms with Crippen molar-refractivity contribution in [1.29, 1.82) is 0 Å². The number of thioether (sulfide) groups is 1. The molecule has 0 N–H and O–H groups in total. The van der Waals surface area contributed by atoms with Crippen LogP contribution in [-0.4, -0.2) is 57.8 Å². The van der Waals surface area contributed by atoms with Crippen LogP contribution < -0.4 is 14.4 Å². The minimum absolute atomic E-state index is 0.0631. The maximum Gasteiger partial charge on any atom is 0.233 e. The van der Waals surface area contributed by atoms with Gasteiger partial charge in [-0.05, 0) is 62.9 Å². The number of hydrogen-bond donors (Lipinski definition) is 0. The monoisotopic (exact) mass is 493 g/mol. The van der Waals surface area contributed by atoms with Crippen molar-refractivity contribution in [2.75, 3.05) is 37.1 Å². The molecule has 3 heterocycles. The molecule has 0 spiro atoms. The van der Waals surface area contributed by atoms with Crippen molar-refractivity contribution < 1.29 is 14.3 Å². The lowest BCUT2D eigenvalue weighted by Gasteiger charge is -2.28. The number of nitrogens with zero attached hydrogens (tertiary/aromatic N) is 5. The maximum absolute atomic E-state index is 13.2. The van der Waals surface area contributed by atoms with Crippen LogP contribution in [0.3, 0.4) is 0 Å². The number of anilines is 1. The number of benzene rings is 2. The highest BCUT2D eigenvalue weighted by Gasteiger charge is 2.23. The number of aryl methyl sites for hydroxylation is 1. The molecular formula is C26H31N5O3S. The average Bonchev–Trinajstić information content (AvgIpc) is 3.53. The first-order chi connectivity index (χ1) is 17.1. The van der Waals surface area contributed by atoms with E-state index < -0.39 is 0 Å². The van der Waals surface area contributed by atoms with E-state index in [4.69, 9.17) is 9.47 Å². The van der Waals surface area contributed by atoms with Crippen LogP contribution in [0.1, 0.15) is 37.3 Å². The molecule has 35 heavy (non-hydrogen) atoms. The van der Waals surface area contributed by atoms with Gasteiger partial charge in [-0.1, -0.05) is 35.5 Å². The van der Waals surface area contributed by atoms with Gasteiger partial charge in [-0.15, -0.1) is 10.2 Å². The summed E-state index contributed by atoms with van der Waals surface area (Å²) >= 11 is 1.44. The highest BCUT2D eigenvalue weighted by atomic mass is 32.2. The molecule has 5 rings (SSSR count). The number of amides is 1. The number of fused-ring (bicyclic) bond motifs is 1. The van der Waals surface area contributed by atoms with Gasteiger partial charge in [-0.2, -0.15) is 0 Å². The molecular weight excluding hydrogens is 462 g/mol. The van der Waals surface area contributed by atoms with Gasteiger partial charge in [-0.3, -0.25) is 9.36 Å². The van der Waals surface area contributed by atoms with Crippen molar-refractivity contribution in [3.8, 4) is 17.2 Å². The van der Waals surface area contributed by atoms with Crippen LogP contribution >= 0.6 is 11.8 Å². The quantitative estimate of drug-likeness (QED) is 0.430. The van der Waals surface area contributed by atoms with E-state index in [1.165, 1.54) is 23.7 Å². The van der Waals surface area contributed by atoms with Crippen LogP contribution in [0.5, 0.6) is 11.5 Å². The summed E-state index contributed by atoms with van der Waals surface area (Å²) in [5, 5.41) is 9.79. The smallest absolute Gasteiger partial charge is 0.233 e. The summed E-state index contributed by atoms with van der Waals surface area (Å²) in [4.78, 5) is 17.3. The molecule has 2 aliphatic rings. The molecule has 0 bridgehead atoms. The molecule has 0 saturated carbocycles. The first kappa shape index (κ1) is 23.5. The zero-order chi connectivity index (χ0) is 24.2. The van der Waals surface area contributed by atoms with Crippen molar-refractivity contribution in [3.05, 3.63) is 53.6 Å². The molecule has 2 aromatic carbocycles. The zero-order valence-corrected chi connectivity index (χ0v) is 21.1. The fourth-order valence-electron chi connectivity index (χ4n) is 4.43. The van der Waals surface area contributed by atoms with Gasteiger partial charge in [0.2, 0.25) is 18.6 Å². The van der Waals surface area contributed by atoms with E-state index in [1.807, 2.05) is 30.0 Å². The van der Waals surface area contributed by atoms with E-state index in [0.717, 1.165) is 59.8 Å². The summed E-state index contributed by atoms with van der Waals surface area (Å²) < 4.78 is 13.0. The molecule has 0 atom stereocenters. The third-order valence-corrected chi connectivity index (χ3v) is 7.33. The summed E-state index contributed by atoms with van der Waals surface area (Å²) in [5.74, 6) is 2.70. The van der Waals surface area contributed by atoms with E-state index in [0.29, 0.717) is 18.8 Å². The van der Waals surface area contributed by atoms with Gasteiger partial charge in [0.25, 0.3) is 0 Å². The fraction of sp³-hybridized carbons (Fsp3) is 0.423. The van der Waals surface area contributed by atoms with Crippen molar-refractivity contribution in [2.24, 2.45) is 0 Å². The Morgan fingerprint density at radius 3 is 2.57 bits per heavy atom. The topological polar surface area (TPSA) is 72.7 Å². The van der Waals surface area contributed by atoms with E-state index in [-0.39, 0.29) is 12.7 Å². The van der Waals surface area contributed by atoms with Crippen LogP contribution in [0, 0.1) is 6.92 Å². The Balaban J connectivity index is 1.32. The highest BCUT2D eigenvalue weighted by Crippen LogP contribution is 2.33. The van der Waals surface area contributed by atoms with Crippen molar-refractivity contribution in [2.45, 2.75) is 44.8 Å². The first-order valence-corrected chi connectivity index (χ1v) is 13.2. The van der Waals surface area contributed by atoms with Crippen LogP contribution in [0.25, 0.3) is 5.69 Å². The van der Waals surface area contributed by atoms with Crippen LogP contribution in [-0.2, 0) is 11.3 Å². The highest BCUT2D eigenvalue weighted by molar-refractivity contribution is 7.99. The molecule has 0 unspecified atom stereocenters. The van der Waals surface area contributed by atoms with Gasteiger partial charge in [-0.25, -0.2) is 0 Å². The molecule has 0 aliphatic carbocycles. The van der Waals surface area contributed by atoms with Crippen LogP contribution in [0.4, 0.5) is 5.95 Å². The normalized spacial score (nSPS) is 14.9. The van der Waals surface area contributed by atoms with Gasteiger partial charge >= 0.3 is 0 Å². The Hall–Kier alpha value is -3.20. The minimum Gasteiger partial charge on any atom is -0.454 e. The SMILES string of the molecule is CCN(Cc1ccc2c(c1)OCO2)C(=O)CSc1nnc(N2CCCCC2)n1-c1ccc(C)cc1. The second kappa shape index (κ2) is 10.6. The number of ether oxygens (including phenoxy) is 2. The van der Waals surface area contributed by atoms with E-state index in [9.17, 15) is 4.79 Å². The Labute approximate surface area is 210 Å². The maximum atomic E-state index is 13.2. The second-order valence-electron chi connectivity index (χ2n) is 8.89. The third-order valence-electron chi connectivity index (χ3n) is 6.42. The second-order valence-corrected chi connectivity index (χ2v) is 9.83. The number of aromatic nitrogens is 3. The molecule has 1 amide bonds. The Morgan fingerprint density at radius 2 is 1.80 bits per heavy atom. The summed E-state index contributed by atoms with van der Waals surface area (Å²) in [6.07, 6.45) is 3.57. The predicted octanol–water partition coefficient (Wildman–Crippen LogP) is 4.44. The molecule has 9 heteroatoms. The minimum atomic E-state index is 0.0631. The number of hydrogen-bond acceptors (Lipinski definition) is 7. The fourth-order valence-corrected chi connectivity index (χ4v) is 5.28. The molecule has 184 valence electrons. The molecule has 1 aromatic heterocycles.